The van der Waals surface area contributed by atoms with Crippen LogP contribution in [0.3, 0.4) is 0 Å². The molecule has 0 fully saturated rings. The predicted molar refractivity (Wildman–Crippen MR) is 95.6 cm³/mol. The number of rotatable bonds is 8. The van der Waals surface area contributed by atoms with Crippen LogP contribution in [0.5, 0.6) is 5.75 Å². The van der Waals surface area contributed by atoms with Gasteiger partial charge < -0.3 is 24.7 Å². The third-order valence-electron chi connectivity index (χ3n) is 3.83. The van der Waals surface area contributed by atoms with E-state index in [-0.39, 0.29) is 12.1 Å². The van der Waals surface area contributed by atoms with E-state index in [9.17, 15) is 4.79 Å². The van der Waals surface area contributed by atoms with Crippen molar-refractivity contribution >= 4 is 6.03 Å². The van der Waals surface area contributed by atoms with Gasteiger partial charge in [0.15, 0.2) is 0 Å². The van der Waals surface area contributed by atoms with Gasteiger partial charge in [0.2, 0.25) is 0 Å². The van der Waals surface area contributed by atoms with Gasteiger partial charge in [-0.25, -0.2) is 9.78 Å². The number of nitrogens with one attached hydrogen (secondary N) is 2. The van der Waals surface area contributed by atoms with Gasteiger partial charge in [-0.05, 0) is 31.5 Å². The highest BCUT2D eigenvalue weighted by atomic mass is 16.5. The molecule has 1 atom stereocenters. The van der Waals surface area contributed by atoms with E-state index in [0.29, 0.717) is 19.7 Å². The normalized spacial score (nSPS) is 11.8. The number of hydrogen-bond donors (Lipinski definition) is 2. The lowest BCUT2D eigenvalue weighted by atomic mass is 10.2. The maximum atomic E-state index is 12.7. The summed E-state index contributed by atoms with van der Waals surface area (Å²) in [6.45, 7) is 5.25. The number of carbonyl (C=O) groups is 1. The molecule has 2 N–H and O–H groups in total. The number of urea groups is 1. The van der Waals surface area contributed by atoms with E-state index in [0.717, 1.165) is 22.8 Å². The quantitative estimate of drug-likeness (QED) is 0.770. The summed E-state index contributed by atoms with van der Waals surface area (Å²) in [6, 6.07) is 7.30. The van der Waals surface area contributed by atoms with Crippen LogP contribution < -0.4 is 10.1 Å². The summed E-state index contributed by atoms with van der Waals surface area (Å²) in [6.07, 6.45) is 1.75. The summed E-state index contributed by atoms with van der Waals surface area (Å²) < 4.78 is 10.4. The maximum Gasteiger partial charge on any atom is 0.318 e. The Bertz CT molecular complexity index is 686. The van der Waals surface area contributed by atoms with Gasteiger partial charge in [-0.2, -0.15) is 0 Å². The zero-order chi connectivity index (χ0) is 18.2. The summed E-state index contributed by atoms with van der Waals surface area (Å²) in [5.74, 6) is 1.50. The van der Waals surface area contributed by atoms with Crippen molar-refractivity contribution in [2.45, 2.75) is 26.4 Å². The number of benzene rings is 1. The molecule has 25 heavy (non-hydrogen) atoms. The van der Waals surface area contributed by atoms with Gasteiger partial charge in [0.25, 0.3) is 0 Å². The van der Waals surface area contributed by atoms with Crippen LogP contribution in [0.2, 0.25) is 0 Å². The molecule has 0 bridgehead atoms. The molecule has 7 heteroatoms. The van der Waals surface area contributed by atoms with E-state index in [1.165, 1.54) is 0 Å². The highest BCUT2D eigenvalue weighted by Crippen LogP contribution is 2.15. The molecule has 1 aromatic heterocycles. The summed E-state index contributed by atoms with van der Waals surface area (Å²) in [4.78, 5) is 21.8. The lowest BCUT2D eigenvalue weighted by Crippen LogP contribution is -2.42. The monoisotopic (exact) mass is 346 g/mol. The molecule has 0 unspecified atom stereocenters. The minimum absolute atomic E-state index is 0.165. The number of carbonyl (C=O) groups excluding carboxylic acids is 1. The van der Waals surface area contributed by atoms with E-state index in [1.54, 1.807) is 25.3 Å². The van der Waals surface area contributed by atoms with Gasteiger partial charge in [0.1, 0.15) is 11.6 Å². The lowest BCUT2D eigenvalue weighted by molar-refractivity contribution is 0.145. The Morgan fingerprint density at radius 1 is 1.40 bits per heavy atom. The van der Waals surface area contributed by atoms with Gasteiger partial charge in [0, 0.05) is 32.1 Å². The van der Waals surface area contributed by atoms with Crippen molar-refractivity contribution in [1.29, 1.82) is 0 Å². The molecule has 0 spiro atoms. The number of aromatic amines is 1. The highest BCUT2D eigenvalue weighted by Gasteiger charge is 2.18. The van der Waals surface area contributed by atoms with Crippen molar-refractivity contribution in [1.82, 2.24) is 20.2 Å². The second-order valence-electron chi connectivity index (χ2n) is 5.89. The molecule has 7 nitrogen and oxygen atoms in total. The molecule has 0 aliphatic rings. The fourth-order valence-corrected chi connectivity index (χ4v) is 2.44. The second-order valence-corrected chi connectivity index (χ2v) is 5.89. The summed E-state index contributed by atoms with van der Waals surface area (Å²) in [5, 5.41) is 2.97. The smallest absolute Gasteiger partial charge is 0.318 e. The first kappa shape index (κ1) is 18.8. The molecule has 0 aliphatic heterocycles. The number of methoxy groups -OCH3 is 2. The topological polar surface area (TPSA) is 79.5 Å². The number of aromatic nitrogens is 2. The Hall–Kier alpha value is -2.54. The Kier molecular flexibility index (Phi) is 6.82. The van der Waals surface area contributed by atoms with Gasteiger partial charge >= 0.3 is 6.03 Å². The minimum Gasteiger partial charge on any atom is -0.497 e. The van der Waals surface area contributed by atoms with Gasteiger partial charge in [-0.1, -0.05) is 12.1 Å². The molecule has 136 valence electrons. The average Bonchev–Trinajstić information content (AvgIpc) is 3.05. The highest BCUT2D eigenvalue weighted by molar-refractivity contribution is 5.74. The molecular formula is C18H26N4O3. The predicted octanol–water partition coefficient (Wildman–Crippen LogP) is 2.65. The maximum absolute atomic E-state index is 12.7. The number of hydrogen-bond acceptors (Lipinski definition) is 4. The molecule has 0 radical (unpaired) electrons. The molecular weight excluding hydrogens is 320 g/mol. The van der Waals surface area contributed by atoms with Crippen molar-refractivity contribution < 1.29 is 14.3 Å². The van der Waals surface area contributed by atoms with Crippen LogP contribution in [0.4, 0.5) is 4.79 Å². The Morgan fingerprint density at radius 2 is 2.20 bits per heavy atom. The molecule has 2 rings (SSSR count). The first-order valence-corrected chi connectivity index (χ1v) is 8.22. The van der Waals surface area contributed by atoms with E-state index < -0.39 is 0 Å². The van der Waals surface area contributed by atoms with Crippen molar-refractivity contribution in [3.05, 3.63) is 47.5 Å². The minimum atomic E-state index is -0.212. The van der Waals surface area contributed by atoms with Crippen LogP contribution in [0.1, 0.15) is 30.0 Å². The molecule has 0 saturated heterocycles. The van der Waals surface area contributed by atoms with Crippen LogP contribution in [0.25, 0.3) is 0 Å². The van der Waals surface area contributed by atoms with E-state index in [4.69, 9.17) is 9.47 Å². The van der Waals surface area contributed by atoms with Crippen LogP contribution >= 0.6 is 0 Å². The summed E-state index contributed by atoms with van der Waals surface area (Å²) >= 11 is 0. The van der Waals surface area contributed by atoms with Crippen molar-refractivity contribution in [3.8, 4) is 5.75 Å². The Morgan fingerprint density at radius 3 is 2.84 bits per heavy atom. The first-order chi connectivity index (χ1) is 12.0. The van der Waals surface area contributed by atoms with Crippen LogP contribution in [-0.2, 0) is 11.3 Å². The molecule has 0 aliphatic carbocycles. The van der Waals surface area contributed by atoms with Crippen molar-refractivity contribution in [2.75, 3.05) is 27.4 Å². The van der Waals surface area contributed by atoms with E-state index in [1.807, 2.05) is 38.1 Å². The molecule has 1 heterocycles. The zero-order valence-corrected chi connectivity index (χ0v) is 15.2. The number of amides is 2. The van der Waals surface area contributed by atoms with E-state index >= 15 is 0 Å². The van der Waals surface area contributed by atoms with Gasteiger partial charge in [-0.3, -0.25) is 0 Å². The van der Waals surface area contributed by atoms with Crippen molar-refractivity contribution in [3.63, 3.8) is 0 Å². The molecule has 2 aromatic rings. The zero-order valence-electron chi connectivity index (χ0n) is 15.2. The molecule has 2 amide bonds. The number of nitrogens with zero attached hydrogens (tertiary/aromatic N) is 2. The van der Waals surface area contributed by atoms with Crippen LogP contribution in [-0.4, -0.2) is 48.3 Å². The number of aryl methyl sites for hydroxylation is 1. The standard InChI is InChI=1S/C18H26N4O3/c1-13-11-19-17(20-13)14(2)21-18(23)22(8-9-24-3)12-15-6-5-7-16(10-15)25-4/h5-7,10-11,14H,8-9,12H2,1-4H3,(H,19,20)(H,21,23)/t14-/m0/s1. The van der Waals surface area contributed by atoms with Crippen molar-refractivity contribution in [2.24, 2.45) is 0 Å². The first-order valence-electron chi connectivity index (χ1n) is 8.22. The largest absolute Gasteiger partial charge is 0.497 e. The second kappa shape index (κ2) is 9.08. The average molecular weight is 346 g/mol. The van der Waals surface area contributed by atoms with Gasteiger partial charge in [0.05, 0.1) is 19.8 Å². The number of imidazole rings is 1. The molecule has 1 aromatic carbocycles. The fraction of sp³-hybridized carbons (Fsp3) is 0.444. The molecule has 0 saturated carbocycles. The van der Waals surface area contributed by atoms with Crippen LogP contribution in [0.15, 0.2) is 30.5 Å². The van der Waals surface area contributed by atoms with Gasteiger partial charge in [-0.15, -0.1) is 0 Å². The number of ether oxygens (including phenoxy) is 2. The summed E-state index contributed by atoms with van der Waals surface area (Å²) in [5.41, 5.74) is 1.95. The van der Waals surface area contributed by atoms with Crippen LogP contribution in [0, 0.1) is 6.92 Å². The lowest BCUT2D eigenvalue weighted by Gasteiger charge is -2.25. The third-order valence-corrected chi connectivity index (χ3v) is 3.83. The fourth-order valence-electron chi connectivity index (χ4n) is 2.44. The third kappa shape index (κ3) is 5.49. The Labute approximate surface area is 148 Å². The summed E-state index contributed by atoms with van der Waals surface area (Å²) in [7, 11) is 3.25. The Balaban J connectivity index is 2.05. The number of H-pyrrole nitrogens is 1. The SMILES string of the molecule is COCCN(Cc1cccc(OC)c1)C(=O)N[C@@H](C)c1ncc(C)[nH]1. The van der Waals surface area contributed by atoms with E-state index in [2.05, 4.69) is 15.3 Å².